The van der Waals surface area contributed by atoms with Crippen LogP contribution in [0.3, 0.4) is 0 Å². The number of aliphatic hydroxyl groups is 2. The summed E-state index contributed by atoms with van der Waals surface area (Å²) in [7, 11) is -4.64. The van der Waals surface area contributed by atoms with Gasteiger partial charge in [0.2, 0.25) is 0 Å². The molecule has 0 spiro atoms. The first-order chi connectivity index (χ1) is 27.7. The number of carbonyl (C=O) groups is 2. The molecule has 0 saturated heterocycles. The first-order valence-electron chi connectivity index (χ1n) is 21.9. The number of esters is 2. The van der Waals surface area contributed by atoms with Gasteiger partial charge in [0.15, 0.2) is 6.10 Å². The molecule has 0 radical (unpaired) electrons. The minimum absolute atomic E-state index is 0.0560. The summed E-state index contributed by atoms with van der Waals surface area (Å²) in [5, 5.41) is 18.3. The fraction of sp³-hybridized carbons (Fsp3) is 0.696. The Bertz CT molecular complexity index is 1180. The number of unbranched alkanes of at least 4 members (excludes halogenated alkanes) is 14. The molecule has 57 heavy (non-hydrogen) atoms. The summed E-state index contributed by atoms with van der Waals surface area (Å²) in [6.07, 6.45) is 47.4. The number of phosphoric acid groups is 1. The predicted octanol–water partition coefficient (Wildman–Crippen LogP) is 11.7. The predicted molar refractivity (Wildman–Crippen MR) is 233 cm³/mol. The zero-order chi connectivity index (χ0) is 41.9. The van der Waals surface area contributed by atoms with Crippen LogP contribution in [0, 0.1) is 0 Å². The van der Waals surface area contributed by atoms with Crippen molar-refractivity contribution in [3.05, 3.63) is 72.9 Å². The van der Waals surface area contributed by atoms with Crippen LogP contribution in [-0.2, 0) is 32.7 Å². The molecule has 0 amide bonds. The third kappa shape index (κ3) is 41.4. The Hall–Kier alpha value is -2.59. The minimum Gasteiger partial charge on any atom is -0.462 e. The van der Waals surface area contributed by atoms with E-state index in [1.807, 2.05) is 12.2 Å². The molecule has 10 nitrogen and oxygen atoms in total. The molecule has 0 bridgehead atoms. The summed E-state index contributed by atoms with van der Waals surface area (Å²) < 4.78 is 32.6. The van der Waals surface area contributed by atoms with Crippen LogP contribution >= 0.6 is 7.82 Å². The summed E-state index contributed by atoms with van der Waals surface area (Å²) in [6.45, 7) is 2.24. The summed E-state index contributed by atoms with van der Waals surface area (Å²) in [5.74, 6) is -1.04. The zero-order valence-corrected chi connectivity index (χ0v) is 36.4. The van der Waals surface area contributed by atoms with Crippen LogP contribution in [0.25, 0.3) is 0 Å². The van der Waals surface area contributed by atoms with E-state index in [1.165, 1.54) is 64.2 Å². The fourth-order valence-electron chi connectivity index (χ4n) is 5.44. The van der Waals surface area contributed by atoms with E-state index in [0.29, 0.717) is 12.8 Å². The third-order valence-corrected chi connectivity index (χ3v) is 9.80. The molecule has 0 aliphatic carbocycles. The van der Waals surface area contributed by atoms with Crippen molar-refractivity contribution in [1.82, 2.24) is 0 Å². The van der Waals surface area contributed by atoms with Gasteiger partial charge in [-0.2, -0.15) is 0 Å². The Labute approximate surface area is 346 Å². The smallest absolute Gasteiger partial charge is 0.462 e. The van der Waals surface area contributed by atoms with Crippen molar-refractivity contribution in [3.63, 3.8) is 0 Å². The van der Waals surface area contributed by atoms with E-state index in [0.717, 1.165) is 64.2 Å². The Kier molecular flexibility index (Phi) is 39.7. The molecule has 3 N–H and O–H groups in total. The number of hydrogen-bond acceptors (Lipinski definition) is 9. The van der Waals surface area contributed by atoms with Crippen LogP contribution in [0.2, 0.25) is 0 Å². The molecule has 0 aromatic heterocycles. The maximum atomic E-state index is 12.6. The molecule has 0 aromatic carbocycles. The molecule has 0 aliphatic heterocycles. The molecule has 0 saturated carbocycles. The molecule has 0 aromatic rings. The van der Waals surface area contributed by atoms with Crippen molar-refractivity contribution in [3.8, 4) is 0 Å². The normalized spacial score (nSPS) is 14.5. The summed E-state index contributed by atoms with van der Waals surface area (Å²) >= 11 is 0. The molecule has 0 rings (SSSR count). The average Bonchev–Trinajstić information content (AvgIpc) is 3.20. The van der Waals surface area contributed by atoms with Crippen molar-refractivity contribution < 1.29 is 47.8 Å². The van der Waals surface area contributed by atoms with Gasteiger partial charge in [-0.25, -0.2) is 4.57 Å². The van der Waals surface area contributed by atoms with Gasteiger partial charge in [0.05, 0.1) is 19.8 Å². The molecule has 3 atom stereocenters. The third-order valence-electron chi connectivity index (χ3n) is 8.85. The lowest BCUT2D eigenvalue weighted by Gasteiger charge is -2.20. The van der Waals surface area contributed by atoms with E-state index in [4.69, 9.17) is 19.1 Å². The van der Waals surface area contributed by atoms with Crippen molar-refractivity contribution in [2.45, 2.75) is 180 Å². The Morgan fingerprint density at radius 1 is 0.526 bits per heavy atom. The quantitative estimate of drug-likeness (QED) is 0.0236. The van der Waals surface area contributed by atoms with Crippen LogP contribution in [-0.4, -0.2) is 65.7 Å². The van der Waals surface area contributed by atoms with Gasteiger partial charge in [0.1, 0.15) is 12.7 Å². The summed E-state index contributed by atoms with van der Waals surface area (Å²) in [5.41, 5.74) is 0. The molecule has 1 unspecified atom stereocenters. The van der Waals surface area contributed by atoms with Gasteiger partial charge in [-0.1, -0.05) is 151 Å². The molecular formula is C46H79O10P. The van der Waals surface area contributed by atoms with E-state index in [-0.39, 0.29) is 19.4 Å². The highest BCUT2D eigenvalue weighted by molar-refractivity contribution is 7.47. The fourth-order valence-corrected chi connectivity index (χ4v) is 6.23. The van der Waals surface area contributed by atoms with Crippen molar-refractivity contribution in [2.75, 3.05) is 26.4 Å². The van der Waals surface area contributed by atoms with E-state index >= 15 is 0 Å². The van der Waals surface area contributed by atoms with Gasteiger partial charge in [-0.3, -0.25) is 18.6 Å². The van der Waals surface area contributed by atoms with Gasteiger partial charge in [-0.15, -0.1) is 0 Å². The minimum atomic E-state index is -4.64. The van der Waals surface area contributed by atoms with E-state index in [2.05, 4.69) is 79.1 Å². The van der Waals surface area contributed by atoms with Crippen LogP contribution in [0.5, 0.6) is 0 Å². The molecular weight excluding hydrogens is 743 g/mol. The van der Waals surface area contributed by atoms with Crippen molar-refractivity contribution in [1.29, 1.82) is 0 Å². The van der Waals surface area contributed by atoms with Crippen LogP contribution in [0.1, 0.15) is 168 Å². The van der Waals surface area contributed by atoms with Gasteiger partial charge >= 0.3 is 19.8 Å². The Balaban J connectivity index is 4.45. The van der Waals surface area contributed by atoms with Crippen molar-refractivity contribution in [2.24, 2.45) is 0 Å². The second-order valence-corrected chi connectivity index (χ2v) is 15.8. The van der Waals surface area contributed by atoms with Crippen molar-refractivity contribution >= 4 is 19.8 Å². The molecule has 0 heterocycles. The highest BCUT2D eigenvalue weighted by atomic mass is 31.2. The first-order valence-corrected chi connectivity index (χ1v) is 23.4. The second kappa shape index (κ2) is 41.6. The van der Waals surface area contributed by atoms with Crippen LogP contribution < -0.4 is 0 Å². The Morgan fingerprint density at radius 3 is 1.49 bits per heavy atom. The number of rotatable bonds is 40. The number of phosphoric ester groups is 1. The second-order valence-electron chi connectivity index (χ2n) is 14.4. The Morgan fingerprint density at radius 2 is 0.947 bits per heavy atom. The maximum Gasteiger partial charge on any atom is 0.472 e. The van der Waals surface area contributed by atoms with Gasteiger partial charge in [-0.05, 0) is 77.0 Å². The van der Waals surface area contributed by atoms with Gasteiger partial charge < -0.3 is 24.6 Å². The molecule has 0 fully saturated rings. The largest absolute Gasteiger partial charge is 0.472 e. The number of aliphatic hydroxyl groups excluding tert-OH is 2. The van der Waals surface area contributed by atoms with Crippen LogP contribution in [0.15, 0.2) is 72.9 Å². The van der Waals surface area contributed by atoms with Gasteiger partial charge in [0, 0.05) is 12.8 Å². The lowest BCUT2D eigenvalue weighted by Crippen LogP contribution is -2.29. The first kappa shape index (κ1) is 54.4. The van der Waals surface area contributed by atoms with Crippen LogP contribution in [0.4, 0.5) is 0 Å². The maximum absolute atomic E-state index is 12.6. The monoisotopic (exact) mass is 823 g/mol. The number of allylic oxidation sites excluding steroid dienone is 12. The zero-order valence-electron chi connectivity index (χ0n) is 35.5. The number of carbonyl (C=O) groups excluding carboxylic acids is 2. The number of hydrogen-bond donors (Lipinski definition) is 3. The highest BCUT2D eigenvalue weighted by Gasteiger charge is 2.27. The summed E-state index contributed by atoms with van der Waals surface area (Å²) in [4.78, 5) is 34.9. The molecule has 328 valence electrons. The molecule has 0 aliphatic rings. The van der Waals surface area contributed by atoms with E-state index in [1.54, 1.807) is 0 Å². The average molecular weight is 823 g/mol. The van der Waals surface area contributed by atoms with E-state index in [9.17, 15) is 24.2 Å². The lowest BCUT2D eigenvalue weighted by molar-refractivity contribution is -0.161. The topological polar surface area (TPSA) is 149 Å². The lowest BCUT2D eigenvalue weighted by atomic mass is 10.1. The number of ether oxygens (including phenoxy) is 2. The SMILES string of the molecule is CCCCCC=CCC=CCC=CCC=CCC=CCCC(=O)O[C@H](COC(=O)CCCCCCCC=CCCCCCCCC)COP(=O)(O)OC[C@@H](O)CO. The van der Waals surface area contributed by atoms with E-state index < -0.39 is 51.8 Å². The summed E-state index contributed by atoms with van der Waals surface area (Å²) in [6, 6.07) is 0. The van der Waals surface area contributed by atoms with Gasteiger partial charge in [0.25, 0.3) is 0 Å². The standard InChI is InChI=1S/C46H79O10P/c1-3-5-7-9-11-13-15-17-19-20-21-22-24-26-28-30-32-34-36-38-46(50)56-44(42-55-57(51,52)54-40-43(48)39-47)41-53-45(49)37-35-33-31-29-27-25-23-18-16-14-12-10-8-6-4-2/h11,13,17-19,21-23,26,28,32,34,43-44,47-48H,3-10,12,14-16,20,24-25,27,29-31,33,35-42H2,1-2H3,(H,51,52)/t43-,44+/m0/s1. The molecule has 11 heteroatoms. The highest BCUT2D eigenvalue weighted by Crippen LogP contribution is 2.43.